The summed E-state index contributed by atoms with van der Waals surface area (Å²) >= 11 is 0. The maximum absolute atomic E-state index is 5.93. The fourth-order valence-corrected chi connectivity index (χ4v) is 2.21. The normalized spacial score (nSPS) is 20.7. The fourth-order valence-electron chi connectivity index (χ4n) is 2.21. The van der Waals surface area contributed by atoms with Crippen molar-refractivity contribution in [3.8, 4) is 5.75 Å². The lowest BCUT2D eigenvalue weighted by Gasteiger charge is -2.23. The Morgan fingerprint density at radius 3 is 3.00 bits per heavy atom. The molecule has 2 nitrogen and oxygen atoms in total. The predicted octanol–water partition coefficient (Wildman–Crippen LogP) is 2.63. The molecule has 1 unspecified atom stereocenters. The van der Waals surface area contributed by atoms with E-state index in [2.05, 4.69) is 30.4 Å². The van der Waals surface area contributed by atoms with Crippen molar-refractivity contribution in [2.24, 2.45) is 5.92 Å². The number of ether oxygens (including phenoxy) is 1. The van der Waals surface area contributed by atoms with Crippen LogP contribution >= 0.6 is 0 Å². The molecule has 1 heterocycles. The summed E-state index contributed by atoms with van der Waals surface area (Å²) in [5, 5.41) is 3.42. The zero-order valence-electron chi connectivity index (χ0n) is 10.0. The first kappa shape index (κ1) is 11.5. The van der Waals surface area contributed by atoms with Gasteiger partial charge < -0.3 is 10.1 Å². The van der Waals surface area contributed by atoms with Gasteiger partial charge in [-0.25, -0.2) is 0 Å². The lowest BCUT2D eigenvalue weighted by atomic mass is 10.0. The zero-order valence-corrected chi connectivity index (χ0v) is 10.0. The monoisotopic (exact) mass is 219 g/mol. The Balaban J connectivity index is 1.88. The minimum absolute atomic E-state index is 0.679. The van der Waals surface area contributed by atoms with Gasteiger partial charge in [0.15, 0.2) is 0 Å². The van der Waals surface area contributed by atoms with E-state index in [-0.39, 0.29) is 0 Å². The largest absolute Gasteiger partial charge is 0.493 e. The summed E-state index contributed by atoms with van der Waals surface area (Å²) in [6, 6.07) is 8.35. The second kappa shape index (κ2) is 5.90. The predicted molar refractivity (Wildman–Crippen MR) is 66.9 cm³/mol. The van der Waals surface area contributed by atoms with Gasteiger partial charge in [0.2, 0.25) is 0 Å². The van der Waals surface area contributed by atoms with Crippen LogP contribution in [0.15, 0.2) is 24.3 Å². The van der Waals surface area contributed by atoms with Crippen LogP contribution in [0.4, 0.5) is 0 Å². The van der Waals surface area contributed by atoms with Gasteiger partial charge in [0.25, 0.3) is 0 Å². The molecule has 2 rings (SSSR count). The first-order valence-electron chi connectivity index (χ1n) is 6.31. The number of hydrogen-bond donors (Lipinski definition) is 1. The van der Waals surface area contributed by atoms with Crippen LogP contribution in [0.3, 0.4) is 0 Å². The van der Waals surface area contributed by atoms with Crippen LogP contribution in [0, 0.1) is 5.92 Å². The van der Waals surface area contributed by atoms with Gasteiger partial charge in [-0.05, 0) is 37.4 Å². The summed E-state index contributed by atoms with van der Waals surface area (Å²) in [6.07, 6.45) is 3.61. The molecule has 1 N–H and O–H groups in total. The molecular formula is C14H21NO. The molecule has 1 saturated heterocycles. The molecule has 1 aliphatic rings. The summed E-state index contributed by atoms with van der Waals surface area (Å²) < 4.78 is 5.93. The van der Waals surface area contributed by atoms with E-state index >= 15 is 0 Å². The van der Waals surface area contributed by atoms with E-state index in [1.54, 1.807) is 0 Å². The van der Waals surface area contributed by atoms with Crippen molar-refractivity contribution < 1.29 is 4.74 Å². The summed E-state index contributed by atoms with van der Waals surface area (Å²) in [5.74, 6) is 1.74. The molecule has 0 saturated carbocycles. The lowest BCUT2D eigenvalue weighted by molar-refractivity contribution is 0.217. The van der Waals surface area contributed by atoms with E-state index in [0.29, 0.717) is 5.92 Å². The van der Waals surface area contributed by atoms with Gasteiger partial charge in [-0.3, -0.25) is 0 Å². The second-order valence-corrected chi connectivity index (χ2v) is 4.48. The molecule has 1 fully saturated rings. The van der Waals surface area contributed by atoms with Crippen molar-refractivity contribution in [3.05, 3.63) is 29.8 Å². The zero-order chi connectivity index (χ0) is 11.2. The standard InChI is InChI=1S/C14H21NO/c1-2-13-7-3-4-8-14(13)16-11-12-6-5-9-15-10-12/h3-4,7-8,12,15H,2,5-6,9-11H2,1H3. The SMILES string of the molecule is CCc1ccccc1OCC1CCCNC1. The van der Waals surface area contributed by atoms with Gasteiger partial charge in [-0.2, -0.15) is 0 Å². The van der Waals surface area contributed by atoms with Crippen LogP contribution in [0.25, 0.3) is 0 Å². The third kappa shape index (κ3) is 2.99. The smallest absolute Gasteiger partial charge is 0.122 e. The maximum atomic E-state index is 5.93. The van der Waals surface area contributed by atoms with Crippen LogP contribution in [0.5, 0.6) is 5.75 Å². The Hall–Kier alpha value is -1.02. The van der Waals surface area contributed by atoms with E-state index in [4.69, 9.17) is 4.74 Å². The van der Waals surface area contributed by atoms with Gasteiger partial charge >= 0.3 is 0 Å². The summed E-state index contributed by atoms with van der Waals surface area (Å²) in [4.78, 5) is 0. The number of aryl methyl sites for hydroxylation is 1. The van der Waals surface area contributed by atoms with Gasteiger partial charge in [0, 0.05) is 12.5 Å². The molecular weight excluding hydrogens is 198 g/mol. The maximum Gasteiger partial charge on any atom is 0.122 e. The van der Waals surface area contributed by atoms with E-state index in [9.17, 15) is 0 Å². The van der Waals surface area contributed by atoms with Crippen LogP contribution in [0.1, 0.15) is 25.3 Å². The van der Waals surface area contributed by atoms with Crippen molar-refractivity contribution in [2.45, 2.75) is 26.2 Å². The van der Waals surface area contributed by atoms with Crippen LogP contribution in [0.2, 0.25) is 0 Å². The fraction of sp³-hybridized carbons (Fsp3) is 0.571. The number of piperidine rings is 1. The Morgan fingerprint density at radius 1 is 1.38 bits per heavy atom. The van der Waals surface area contributed by atoms with Crippen LogP contribution in [-0.4, -0.2) is 19.7 Å². The van der Waals surface area contributed by atoms with Gasteiger partial charge in [-0.1, -0.05) is 25.1 Å². The highest BCUT2D eigenvalue weighted by atomic mass is 16.5. The molecule has 16 heavy (non-hydrogen) atoms. The number of rotatable bonds is 4. The highest BCUT2D eigenvalue weighted by Crippen LogP contribution is 2.20. The van der Waals surface area contributed by atoms with E-state index in [0.717, 1.165) is 25.3 Å². The molecule has 0 aromatic heterocycles. The van der Waals surface area contributed by atoms with E-state index < -0.39 is 0 Å². The molecule has 0 spiro atoms. The Morgan fingerprint density at radius 2 is 2.25 bits per heavy atom. The molecule has 0 aliphatic carbocycles. The lowest BCUT2D eigenvalue weighted by Crippen LogP contribution is -2.33. The highest BCUT2D eigenvalue weighted by Gasteiger charge is 2.13. The quantitative estimate of drug-likeness (QED) is 0.840. The second-order valence-electron chi connectivity index (χ2n) is 4.48. The Labute approximate surface area is 98.0 Å². The molecule has 0 radical (unpaired) electrons. The van der Waals surface area contributed by atoms with Gasteiger partial charge in [-0.15, -0.1) is 0 Å². The molecule has 88 valence electrons. The van der Waals surface area contributed by atoms with Crippen molar-refractivity contribution in [1.29, 1.82) is 0 Å². The molecule has 0 amide bonds. The molecule has 1 atom stereocenters. The third-order valence-electron chi connectivity index (χ3n) is 3.23. The Bertz CT molecular complexity index is 318. The number of benzene rings is 1. The summed E-state index contributed by atoms with van der Waals surface area (Å²) in [7, 11) is 0. The van der Waals surface area contributed by atoms with Crippen LogP contribution in [-0.2, 0) is 6.42 Å². The van der Waals surface area contributed by atoms with E-state index in [1.807, 2.05) is 6.07 Å². The Kier molecular flexibility index (Phi) is 4.23. The minimum Gasteiger partial charge on any atom is -0.493 e. The molecule has 0 bridgehead atoms. The van der Waals surface area contributed by atoms with Gasteiger partial charge in [0.1, 0.15) is 5.75 Å². The van der Waals surface area contributed by atoms with Crippen molar-refractivity contribution in [2.75, 3.05) is 19.7 Å². The topological polar surface area (TPSA) is 21.3 Å². The molecule has 1 aromatic carbocycles. The van der Waals surface area contributed by atoms with Crippen molar-refractivity contribution in [3.63, 3.8) is 0 Å². The summed E-state index contributed by atoms with van der Waals surface area (Å²) in [5.41, 5.74) is 1.31. The molecule has 1 aliphatic heterocycles. The van der Waals surface area contributed by atoms with Crippen LogP contribution < -0.4 is 10.1 Å². The molecule has 2 heteroatoms. The van der Waals surface area contributed by atoms with Crippen molar-refractivity contribution >= 4 is 0 Å². The number of hydrogen-bond acceptors (Lipinski definition) is 2. The van der Waals surface area contributed by atoms with Crippen molar-refractivity contribution in [1.82, 2.24) is 5.32 Å². The average molecular weight is 219 g/mol. The third-order valence-corrected chi connectivity index (χ3v) is 3.23. The number of para-hydroxylation sites is 1. The van der Waals surface area contributed by atoms with Gasteiger partial charge in [0.05, 0.1) is 6.61 Å². The molecule has 1 aromatic rings. The summed E-state index contributed by atoms with van der Waals surface area (Å²) in [6.45, 7) is 5.30. The minimum atomic E-state index is 0.679. The average Bonchev–Trinajstić information content (AvgIpc) is 2.38. The first-order chi connectivity index (χ1) is 7.90. The van der Waals surface area contributed by atoms with E-state index in [1.165, 1.54) is 24.9 Å². The highest BCUT2D eigenvalue weighted by molar-refractivity contribution is 5.33. The first-order valence-corrected chi connectivity index (χ1v) is 6.31. The number of nitrogens with one attached hydrogen (secondary N) is 1.